The van der Waals surface area contributed by atoms with Crippen LogP contribution in [0.15, 0.2) is 47.4 Å². The topological polar surface area (TPSA) is 0 Å². The summed E-state index contributed by atoms with van der Waals surface area (Å²) in [5.74, 6) is 0. The summed E-state index contributed by atoms with van der Waals surface area (Å²) in [6.45, 7) is 14.6. The minimum absolute atomic E-state index is 0.620. The van der Waals surface area contributed by atoms with E-state index >= 15 is 0 Å². The summed E-state index contributed by atoms with van der Waals surface area (Å²) in [4.78, 5) is 0.620. The Balaban J connectivity index is 0. The van der Waals surface area contributed by atoms with E-state index in [1.165, 1.54) is 13.0 Å². The van der Waals surface area contributed by atoms with Crippen LogP contribution in [-0.2, 0) is 0 Å². The van der Waals surface area contributed by atoms with Crippen LogP contribution < -0.4 is 0 Å². The van der Waals surface area contributed by atoms with Gasteiger partial charge < -0.3 is 0 Å². The van der Waals surface area contributed by atoms with E-state index in [2.05, 4.69) is 25.8 Å². The molecule has 0 rings (SSSR count). The molecule has 0 saturated heterocycles. The predicted octanol–water partition coefficient (Wildman–Crippen LogP) is 4.87. The number of hydrogen-bond donors (Lipinski definition) is 1. The van der Waals surface area contributed by atoms with Gasteiger partial charge in [-0.3, -0.25) is 0 Å². The van der Waals surface area contributed by atoms with Gasteiger partial charge in [-0.2, -0.15) is 0 Å². The van der Waals surface area contributed by atoms with Gasteiger partial charge in [0.25, 0.3) is 0 Å². The van der Waals surface area contributed by atoms with Crippen molar-refractivity contribution in [1.82, 2.24) is 0 Å². The van der Waals surface area contributed by atoms with E-state index in [-0.39, 0.29) is 0 Å². The molecule has 0 N–H and O–H groups in total. The third kappa shape index (κ3) is 7.20. The Bertz CT molecular complexity index is 260. The summed E-state index contributed by atoms with van der Waals surface area (Å²) in [6, 6.07) is 0. The highest BCUT2D eigenvalue weighted by atomic mass is 32.1. The Morgan fingerprint density at radius 1 is 1.40 bits per heavy atom. The molecular weight excluding hydrogens is 207 g/mol. The lowest BCUT2D eigenvalue weighted by Gasteiger charge is -2.07. The molecule has 0 amide bonds. The Morgan fingerprint density at radius 2 is 1.87 bits per heavy atom. The van der Waals surface area contributed by atoms with Crippen LogP contribution in [0.1, 0.15) is 27.7 Å². The number of halogens is 1. The molecule has 0 aliphatic rings. The largest absolute Gasteiger partial charge is 0.243 e. The fourth-order valence-electron chi connectivity index (χ4n) is 1.02. The first-order valence-corrected chi connectivity index (χ1v) is 5.50. The maximum absolute atomic E-state index is 12.7. The zero-order valence-corrected chi connectivity index (χ0v) is 10.9. The molecule has 15 heavy (non-hydrogen) atoms. The minimum Gasteiger partial charge on any atom is -0.243 e. The molecule has 1 atom stereocenters. The number of rotatable bonds is 4. The zero-order valence-electron chi connectivity index (χ0n) is 10.0. The van der Waals surface area contributed by atoms with E-state index in [9.17, 15) is 4.39 Å². The standard InChI is InChI=1S/C11H15FS.C2H6/c1-5-10(7-8(3)12)11(6-2)9(4)13;1-2/h5-8,13H,1,4H2,2-3H3;1-2H3/b10-7-,11-6-;. The maximum atomic E-state index is 12.7. The smallest absolute Gasteiger partial charge is 0.116 e. The molecule has 0 aromatic carbocycles. The Morgan fingerprint density at radius 3 is 2.07 bits per heavy atom. The quantitative estimate of drug-likeness (QED) is 0.515. The predicted molar refractivity (Wildman–Crippen MR) is 72.1 cm³/mol. The molecule has 0 aliphatic heterocycles. The first kappa shape index (κ1) is 16.7. The van der Waals surface area contributed by atoms with E-state index in [0.717, 1.165) is 11.1 Å². The number of hydrogen-bond acceptors (Lipinski definition) is 1. The van der Waals surface area contributed by atoms with Crippen molar-refractivity contribution < 1.29 is 4.39 Å². The lowest BCUT2D eigenvalue weighted by Crippen LogP contribution is -1.92. The second-order valence-electron chi connectivity index (χ2n) is 2.65. The summed E-state index contributed by atoms with van der Waals surface area (Å²) in [5, 5.41) is 0. The minimum atomic E-state index is -0.990. The van der Waals surface area contributed by atoms with Crippen molar-refractivity contribution >= 4 is 12.6 Å². The van der Waals surface area contributed by atoms with Crippen LogP contribution in [-0.4, -0.2) is 6.17 Å². The molecule has 0 aromatic rings. The van der Waals surface area contributed by atoms with Crippen molar-refractivity contribution in [2.24, 2.45) is 0 Å². The zero-order chi connectivity index (χ0) is 12.4. The highest BCUT2D eigenvalue weighted by Gasteiger charge is 2.03. The average molecular weight is 228 g/mol. The van der Waals surface area contributed by atoms with Crippen LogP contribution in [0.2, 0.25) is 0 Å². The van der Waals surface area contributed by atoms with Gasteiger partial charge >= 0.3 is 0 Å². The van der Waals surface area contributed by atoms with Crippen molar-refractivity contribution in [1.29, 1.82) is 0 Å². The van der Waals surface area contributed by atoms with Gasteiger partial charge in [0.15, 0.2) is 0 Å². The summed E-state index contributed by atoms with van der Waals surface area (Å²) in [6.07, 6.45) is 3.94. The van der Waals surface area contributed by atoms with Gasteiger partial charge in [-0.05, 0) is 31.1 Å². The van der Waals surface area contributed by atoms with Gasteiger partial charge in [0.2, 0.25) is 0 Å². The molecule has 0 aromatic heterocycles. The van der Waals surface area contributed by atoms with Crippen molar-refractivity contribution in [3.63, 3.8) is 0 Å². The second-order valence-corrected chi connectivity index (χ2v) is 3.19. The van der Waals surface area contributed by atoms with Gasteiger partial charge in [0, 0.05) is 4.91 Å². The molecule has 1 unspecified atom stereocenters. The van der Waals surface area contributed by atoms with Gasteiger partial charge in [-0.25, -0.2) is 4.39 Å². The highest BCUT2D eigenvalue weighted by molar-refractivity contribution is 7.84. The van der Waals surface area contributed by atoms with E-state index in [1.807, 2.05) is 26.8 Å². The number of alkyl halides is 1. The van der Waals surface area contributed by atoms with Crippen LogP contribution in [0.4, 0.5) is 4.39 Å². The monoisotopic (exact) mass is 228 g/mol. The summed E-state index contributed by atoms with van der Waals surface area (Å²) >= 11 is 4.11. The van der Waals surface area contributed by atoms with Gasteiger partial charge in [-0.1, -0.05) is 39.2 Å². The fraction of sp³-hybridized carbons (Fsp3) is 0.385. The number of allylic oxidation sites excluding steroid dienone is 5. The van der Waals surface area contributed by atoms with Crippen LogP contribution in [0, 0.1) is 0 Å². The first-order chi connectivity index (χ1) is 7.02. The van der Waals surface area contributed by atoms with Crippen molar-refractivity contribution in [3.8, 4) is 0 Å². The SMILES string of the molecule is C=CC(=C/C(C)F)/C(=C\C)C(=C)S.CC. The average Bonchev–Trinajstić information content (AvgIpc) is 2.19. The third-order valence-electron chi connectivity index (χ3n) is 1.54. The lowest BCUT2D eigenvalue weighted by atomic mass is 10.0. The Labute approximate surface area is 98.7 Å². The van der Waals surface area contributed by atoms with Crippen LogP contribution >= 0.6 is 12.6 Å². The van der Waals surface area contributed by atoms with Crippen molar-refractivity contribution in [3.05, 3.63) is 47.4 Å². The maximum Gasteiger partial charge on any atom is 0.116 e. The summed E-state index contributed by atoms with van der Waals surface area (Å²) in [7, 11) is 0. The molecular formula is C13H21FS. The molecule has 2 heteroatoms. The van der Waals surface area contributed by atoms with E-state index in [4.69, 9.17) is 0 Å². The first-order valence-electron chi connectivity index (χ1n) is 5.06. The molecule has 86 valence electrons. The Kier molecular flexibility index (Phi) is 10.9. The van der Waals surface area contributed by atoms with E-state index < -0.39 is 6.17 Å². The second kappa shape index (κ2) is 9.78. The molecule has 0 fully saturated rings. The molecule has 0 bridgehead atoms. The van der Waals surface area contributed by atoms with Crippen molar-refractivity contribution in [2.75, 3.05) is 0 Å². The highest BCUT2D eigenvalue weighted by Crippen LogP contribution is 2.22. The molecule has 0 spiro atoms. The molecule has 0 aliphatic carbocycles. The molecule has 0 radical (unpaired) electrons. The third-order valence-corrected chi connectivity index (χ3v) is 1.78. The summed E-state index contributed by atoms with van der Waals surface area (Å²) in [5.41, 5.74) is 1.56. The van der Waals surface area contributed by atoms with Gasteiger partial charge in [0.1, 0.15) is 6.17 Å². The van der Waals surface area contributed by atoms with E-state index in [1.54, 1.807) is 6.08 Å². The Hall–Kier alpha value is -0.760. The fourth-order valence-corrected chi connectivity index (χ4v) is 1.27. The lowest BCUT2D eigenvalue weighted by molar-refractivity contribution is 0.429. The summed E-state index contributed by atoms with van der Waals surface area (Å²) < 4.78 is 12.7. The molecule has 0 nitrogen and oxygen atoms in total. The van der Waals surface area contributed by atoms with Crippen LogP contribution in [0.25, 0.3) is 0 Å². The van der Waals surface area contributed by atoms with Gasteiger partial charge in [-0.15, -0.1) is 12.6 Å². The van der Waals surface area contributed by atoms with Crippen molar-refractivity contribution in [2.45, 2.75) is 33.9 Å². The normalized spacial score (nSPS) is 13.7. The van der Waals surface area contributed by atoms with E-state index in [0.29, 0.717) is 4.91 Å². The van der Waals surface area contributed by atoms with Crippen LogP contribution in [0.3, 0.4) is 0 Å². The van der Waals surface area contributed by atoms with Gasteiger partial charge in [0.05, 0.1) is 0 Å². The van der Waals surface area contributed by atoms with Crippen LogP contribution in [0.5, 0.6) is 0 Å². The number of thiol groups is 1. The molecule has 0 heterocycles. The molecule has 0 saturated carbocycles.